The molecule has 0 saturated carbocycles. The summed E-state index contributed by atoms with van der Waals surface area (Å²) in [6.45, 7) is 1.93. The van der Waals surface area contributed by atoms with Gasteiger partial charge in [0.1, 0.15) is 6.04 Å². The summed E-state index contributed by atoms with van der Waals surface area (Å²) >= 11 is 0. The summed E-state index contributed by atoms with van der Waals surface area (Å²) in [6.07, 6.45) is 0.397. The van der Waals surface area contributed by atoms with E-state index in [2.05, 4.69) is 5.32 Å². The minimum Gasteiger partial charge on any atom is -0.480 e. The molecule has 1 atom stereocenters. The number of likely N-dealkylation sites (N-methyl/N-ethyl adjacent to an activating group) is 1. The van der Waals surface area contributed by atoms with Gasteiger partial charge < -0.3 is 15.3 Å². The van der Waals surface area contributed by atoms with Gasteiger partial charge in [-0.3, -0.25) is 4.79 Å². The molecule has 13 heavy (non-hydrogen) atoms. The quantitative estimate of drug-likeness (QED) is 0.612. The molecule has 2 N–H and O–H groups in total. The Kier molecular flexibility index (Phi) is 5.06. The van der Waals surface area contributed by atoms with Crippen LogP contribution in [0.25, 0.3) is 0 Å². The lowest BCUT2D eigenvalue weighted by Crippen LogP contribution is -2.43. The maximum Gasteiger partial charge on any atom is 0.326 e. The normalized spacial score (nSPS) is 12.6. The summed E-state index contributed by atoms with van der Waals surface area (Å²) in [7, 11) is 3.50. The third-order valence-electron chi connectivity index (χ3n) is 1.50. The second-order valence-electron chi connectivity index (χ2n) is 3.10. The first-order valence-electron chi connectivity index (χ1n) is 4.14. The first-order chi connectivity index (χ1) is 5.97. The molecule has 5 nitrogen and oxygen atoms in total. The topological polar surface area (TPSA) is 69.6 Å². The SMILES string of the molecule is CCC(NC(=O)CN(C)C)C(=O)O. The predicted molar refractivity (Wildman–Crippen MR) is 48.4 cm³/mol. The Labute approximate surface area is 77.7 Å². The Hall–Kier alpha value is -1.10. The van der Waals surface area contributed by atoms with Crippen LogP contribution in [0, 0.1) is 0 Å². The fourth-order valence-corrected chi connectivity index (χ4v) is 0.866. The van der Waals surface area contributed by atoms with Crippen molar-refractivity contribution < 1.29 is 14.7 Å². The van der Waals surface area contributed by atoms with E-state index in [-0.39, 0.29) is 12.5 Å². The minimum absolute atomic E-state index is 0.212. The maximum absolute atomic E-state index is 11.1. The Balaban J connectivity index is 3.94. The molecule has 1 unspecified atom stereocenters. The van der Waals surface area contributed by atoms with Gasteiger partial charge in [-0.25, -0.2) is 4.79 Å². The standard InChI is InChI=1S/C8H16N2O3/c1-4-6(8(12)13)9-7(11)5-10(2)3/h6H,4-5H2,1-3H3,(H,9,11)(H,12,13). The van der Waals surface area contributed by atoms with E-state index in [0.29, 0.717) is 6.42 Å². The molecule has 5 heteroatoms. The molecule has 0 aromatic rings. The number of carboxylic acids is 1. The number of nitrogens with zero attached hydrogens (tertiary/aromatic N) is 1. The van der Waals surface area contributed by atoms with Gasteiger partial charge in [-0.15, -0.1) is 0 Å². The Morgan fingerprint density at radius 2 is 2.00 bits per heavy atom. The predicted octanol–water partition coefficient (Wildman–Crippen LogP) is -0.473. The van der Waals surface area contributed by atoms with Crippen molar-refractivity contribution >= 4 is 11.9 Å². The lowest BCUT2D eigenvalue weighted by atomic mass is 10.2. The molecule has 0 aliphatic heterocycles. The average Bonchev–Trinajstić information content (AvgIpc) is 1.98. The summed E-state index contributed by atoms with van der Waals surface area (Å²) in [6, 6.07) is -0.771. The van der Waals surface area contributed by atoms with Crippen molar-refractivity contribution in [2.24, 2.45) is 0 Å². The number of hydrogen-bond acceptors (Lipinski definition) is 3. The van der Waals surface area contributed by atoms with Gasteiger partial charge in [0.25, 0.3) is 0 Å². The van der Waals surface area contributed by atoms with Gasteiger partial charge in [0, 0.05) is 0 Å². The smallest absolute Gasteiger partial charge is 0.326 e. The number of rotatable bonds is 5. The number of carbonyl (C=O) groups excluding carboxylic acids is 1. The molecule has 0 aliphatic rings. The van der Waals surface area contributed by atoms with E-state index in [1.165, 1.54) is 0 Å². The number of carboxylic acid groups (broad SMARTS) is 1. The zero-order valence-electron chi connectivity index (χ0n) is 8.20. The summed E-state index contributed by atoms with van der Waals surface area (Å²) < 4.78 is 0. The lowest BCUT2D eigenvalue weighted by Gasteiger charge is -2.14. The number of nitrogens with one attached hydrogen (secondary N) is 1. The van der Waals surface area contributed by atoms with E-state index < -0.39 is 12.0 Å². The van der Waals surface area contributed by atoms with Crippen molar-refractivity contribution in [2.75, 3.05) is 20.6 Å². The fraction of sp³-hybridized carbons (Fsp3) is 0.750. The van der Waals surface area contributed by atoms with Gasteiger partial charge in [-0.05, 0) is 20.5 Å². The van der Waals surface area contributed by atoms with Crippen molar-refractivity contribution in [1.82, 2.24) is 10.2 Å². The average molecular weight is 188 g/mol. The Morgan fingerprint density at radius 1 is 1.46 bits per heavy atom. The molecule has 0 fully saturated rings. The molecule has 0 spiro atoms. The first-order valence-corrected chi connectivity index (χ1v) is 4.14. The van der Waals surface area contributed by atoms with Crippen LogP contribution in [0.1, 0.15) is 13.3 Å². The Bertz CT molecular complexity index is 192. The van der Waals surface area contributed by atoms with E-state index in [9.17, 15) is 9.59 Å². The molecule has 0 rings (SSSR count). The highest BCUT2D eigenvalue weighted by Crippen LogP contribution is 1.90. The van der Waals surface area contributed by atoms with Gasteiger partial charge in [0.15, 0.2) is 0 Å². The van der Waals surface area contributed by atoms with Crippen LogP contribution in [0.15, 0.2) is 0 Å². The molecule has 1 amide bonds. The lowest BCUT2D eigenvalue weighted by molar-refractivity contribution is -0.142. The molecule has 0 saturated heterocycles. The second kappa shape index (κ2) is 5.53. The molecule has 0 heterocycles. The largest absolute Gasteiger partial charge is 0.480 e. The number of amides is 1. The number of aliphatic carboxylic acids is 1. The van der Waals surface area contributed by atoms with Crippen LogP contribution >= 0.6 is 0 Å². The van der Waals surface area contributed by atoms with Crippen molar-refractivity contribution in [1.29, 1.82) is 0 Å². The van der Waals surface area contributed by atoms with Crippen LogP contribution in [0.3, 0.4) is 0 Å². The van der Waals surface area contributed by atoms with Gasteiger partial charge in [-0.2, -0.15) is 0 Å². The van der Waals surface area contributed by atoms with E-state index in [0.717, 1.165) is 0 Å². The third kappa shape index (κ3) is 5.19. The number of hydrogen-bond donors (Lipinski definition) is 2. The first kappa shape index (κ1) is 11.9. The van der Waals surface area contributed by atoms with Crippen molar-refractivity contribution in [3.05, 3.63) is 0 Å². The van der Waals surface area contributed by atoms with E-state index in [1.54, 1.807) is 25.9 Å². The molecular formula is C8H16N2O3. The zero-order chi connectivity index (χ0) is 10.4. The molecule has 0 aromatic carbocycles. The second-order valence-corrected chi connectivity index (χ2v) is 3.10. The molecule has 0 radical (unpaired) electrons. The summed E-state index contributed by atoms with van der Waals surface area (Å²) in [5, 5.41) is 11.0. The monoisotopic (exact) mass is 188 g/mol. The number of carbonyl (C=O) groups is 2. The maximum atomic E-state index is 11.1. The summed E-state index contributed by atoms with van der Waals surface area (Å²) in [5.74, 6) is -1.26. The van der Waals surface area contributed by atoms with Crippen LogP contribution in [0.4, 0.5) is 0 Å². The highest BCUT2D eigenvalue weighted by atomic mass is 16.4. The molecule has 0 aliphatic carbocycles. The van der Waals surface area contributed by atoms with E-state index in [4.69, 9.17) is 5.11 Å². The summed E-state index contributed by atoms with van der Waals surface area (Å²) in [4.78, 5) is 23.3. The van der Waals surface area contributed by atoms with Crippen LogP contribution in [-0.2, 0) is 9.59 Å². The van der Waals surface area contributed by atoms with Crippen molar-refractivity contribution in [2.45, 2.75) is 19.4 Å². The van der Waals surface area contributed by atoms with Crippen LogP contribution < -0.4 is 5.32 Å². The van der Waals surface area contributed by atoms with Crippen LogP contribution in [-0.4, -0.2) is 48.6 Å². The third-order valence-corrected chi connectivity index (χ3v) is 1.50. The highest BCUT2D eigenvalue weighted by molar-refractivity contribution is 5.84. The van der Waals surface area contributed by atoms with Gasteiger partial charge >= 0.3 is 5.97 Å². The molecule has 0 bridgehead atoms. The summed E-state index contributed by atoms with van der Waals surface area (Å²) in [5.41, 5.74) is 0. The zero-order valence-corrected chi connectivity index (χ0v) is 8.20. The molecular weight excluding hydrogens is 172 g/mol. The molecule has 76 valence electrons. The van der Waals surface area contributed by atoms with E-state index >= 15 is 0 Å². The fourth-order valence-electron chi connectivity index (χ4n) is 0.866. The van der Waals surface area contributed by atoms with Gasteiger partial charge in [0.2, 0.25) is 5.91 Å². The van der Waals surface area contributed by atoms with Crippen LogP contribution in [0.5, 0.6) is 0 Å². The minimum atomic E-state index is -0.991. The van der Waals surface area contributed by atoms with Gasteiger partial charge in [0.05, 0.1) is 6.54 Å². The van der Waals surface area contributed by atoms with Crippen molar-refractivity contribution in [3.8, 4) is 0 Å². The van der Waals surface area contributed by atoms with Gasteiger partial charge in [-0.1, -0.05) is 6.92 Å². The highest BCUT2D eigenvalue weighted by Gasteiger charge is 2.17. The van der Waals surface area contributed by atoms with E-state index in [1.807, 2.05) is 0 Å². The Morgan fingerprint density at radius 3 is 2.31 bits per heavy atom. The molecule has 0 aromatic heterocycles. The van der Waals surface area contributed by atoms with Crippen molar-refractivity contribution in [3.63, 3.8) is 0 Å². The van der Waals surface area contributed by atoms with Crippen LogP contribution in [0.2, 0.25) is 0 Å².